The van der Waals surface area contributed by atoms with Crippen LogP contribution >= 0.6 is 11.3 Å². The van der Waals surface area contributed by atoms with Crippen molar-refractivity contribution in [1.82, 2.24) is 20.1 Å². The van der Waals surface area contributed by atoms with Crippen LogP contribution in [0, 0.1) is 12.8 Å². The van der Waals surface area contributed by atoms with Gasteiger partial charge >= 0.3 is 0 Å². The molecule has 1 aliphatic heterocycles. The molecular weight excluding hydrogens is 466 g/mol. The molecule has 1 saturated carbocycles. The van der Waals surface area contributed by atoms with Gasteiger partial charge < -0.3 is 20.5 Å². The van der Waals surface area contributed by atoms with E-state index >= 15 is 0 Å². The smallest absolute Gasteiger partial charge is 0.269 e. The molecule has 2 fully saturated rings. The van der Waals surface area contributed by atoms with Crippen molar-refractivity contribution >= 4 is 39.1 Å². The van der Waals surface area contributed by atoms with Gasteiger partial charge in [-0.3, -0.25) is 14.3 Å². The molecule has 4 heterocycles. The van der Waals surface area contributed by atoms with Gasteiger partial charge in [0.25, 0.3) is 11.8 Å². The average Bonchev–Trinajstić information content (AvgIpc) is 3.45. The molecule has 186 valence electrons. The first-order valence-corrected chi connectivity index (χ1v) is 13.1. The Morgan fingerprint density at radius 3 is 2.63 bits per heavy atom. The van der Waals surface area contributed by atoms with Gasteiger partial charge in [0, 0.05) is 25.1 Å². The van der Waals surface area contributed by atoms with Gasteiger partial charge in [-0.25, -0.2) is 4.98 Å². The predicted molar refractivity (Wildman–Crippen MR) is 134 cm³/mol. The molecule has 0 spiro atoms. The van der Waals surface area contributed by atoms with Gasteiger partial charge in [0.05, 0.1) is 34.6 Å². The summed E-state index contributed by atoms with van der Waals surface area (Å²) in [4.78, 5) is 31.2. The first-order chi connectivity index (χ1) is 17.0. The highest BCUT2D eigenvalue weighted by atomic mass is 32.1. The van der Waals surface area contributed by atoms with Crippen molar-refractivity contribution in [2.45, 2.75) is 57.6 Å². The fourth-order valence-corrected chi connectivity index (χ4v) is 5.96. The van der Waals surface area contributed by atoms with Gasteiger partial charge in [-0.1, -0.05) is 0 Å². The van der Waals surface area contributed by atoms with Crippen LogP contribution in [0.2, 0.25) is 0 Å². The summed E-state index contributed by atoms with van der Waals surface area (Å²) in [5, 5.41) is 21.1. The Hall–Kier alpha value is -2.82. The minimum absolute atomic E-state index is 0.204. The van der Waals surface area contributed by atoms with Crippen molar-refractivity contribution in [3.8, 4) is 0 Å². The number of hydrogen-bond acceptors (Lipinski definition) is 7. The van der Waals surface area contributed by atoms with Crippen molar-refractivity contribution < 1.29 is 19.4 Å². The van der Waals surface area contributed by atoms with Crippen molar-refractivity contribution in [3.05, 3.63) is 40.7 Å². The fourth-order valence-electron chi connectivity index (χ4n) is 4.83. The van der Waals surface area contributed by atoms with E-state index in [0.717, 1.165) is 67.6 Å². The molecule has 3 aromatic heterocycles. The molecule has 35 heavy (non-hydrogen) atoms. The number of pyridine rings is 1. The Morgan fingerprint density at radius 1 is 1.14 bits per heavy atom. The summed E-state index contributed by atoms with van der Waals surface area (Å²) in [5.41, 5.74) is 1.77. The molecule has 9 nitrogen and oxygen atoms in total. The molecule has 0 unspecified atom stereocenters. The number of carbonyl (C=O) groups is 2. The Bertz CT molecular complexity index is 1190. The van der Waals surface area contributed by atoms with E-state index in [-0.39, 0.29) is 17.9 Å². The third kappa shape index (κ3) is 5.39. The predicted octanol–water partition coefficient (Wildman–Crippen LogP) is 3.69. The zero-order chi connectivity index (χ0) is 24.4. The highest BCUT2D eigenvalue weighted by Gasteiger charge is 2.23. The van der Waals surface area contributed by atoms with E-state index in [1.165, 1.54) is 17.5 Å². The third-order valence-electron chi connectivity index (χ3n) is 6.95. The molecule has 3 aromatic rings. The van der Waals surface area contributed by atoms with Crippen molar-refractivity contribution in [1.29, 1.82) is 0 Å². The minimum atomic E-state index is -0.230. The highest BCUT2D eigenvalue weighted by Crippen LogP contribution is 2.33. The number of hydrogen-bond donors (Lipinski definition) is 3. The number of ether oxygens (including phenoxy) is 1. The molecule has 0 aromatic carbocycles. The van der Waals surface area contributed by atoms with Gasteiger partial charge in [-0.15, -0.1) is 11.3 Å². The Kier molecular flexibility index (Phi) is 7.12. The van der Waals surface area contributed by atoms with Crippen molar-refractivity contribution in [2.75, 3.05) is 25.1 Å². The lowest BCUT2D eigenvalue weighted by Crippen LogP contribution is -2.32. The summed E-state index contributed by atoms with van der Waals surface area (Å²) in [6.07, 6.45) is 6.57. The second-order valence-electron chi connectivity index (χ2n) is 9.47. The summed E-state index contributed by atoms with van der Waals surface area (Å²) < 4.78 is 7.53. The number of nitrogens with zero attached hydrogens (tertiary/aromatic N) is 3. The van der Waals surface area contributed by atoms with Gasteiger partial charge in [-0.2, -0.15) is 5.10 Å². The lowest BCUT2D eigenvalue weighted by atomic mass is 9.87. The van der Waals surface area contributed by atoms with E-state index in [1.807, 2.05) is 13.0 Å². The maximum Gasteiger partial charge on any atom is 0.269 e. The van der Waals surface area contributed by atoms with Crippen LogP contribution in [-0.4, -0.2) is 57.5 Å². The highest BCUT2D eigenvalue weighted by molar-refractivity contribution is 7.20. The standard InChI is InChI=1S/C25H31N5O4S/c1-15-20-12-22(35-25(20)30(29-15)18-8-10-34-11-9-18)24(33)28-17-4-7-21(26-14-17)23(32)27-13-16-2-5-19(31)6-3-16/h4,7,12,14,16,18-19,31H,2-3,5-6,8-11,13H2,1H3,(H,27,32)(H,28,33). The molecule has 1 aliphatic carbocycles. The Morgan fingerprint density at radius 2 is 1.91 bits per heavy atom. The number of aryl methyl sites for hydroxylation is 1. The quantitative estimate of drug-likeness (QED) is 0.478. The number of nitrogens with one attached hydrogen (secondary N) is 2. The van der Waals surface area contributed by atoms with Gasteiger partial charge in [0.15, 0.2) is 0 Å². The molecule has 10 heteroatoms. The molecule has 5 rings (SSSR count). The van der Waals surface area contributed by atoms with E-state index in [9.17, 15) is 14.7 Å². The molecule has 1 saturated heterocycles. The van der Waals surface area contributed by atoms with Gasteiger partial charge in [0.2, 0.25) is 0 Å². The Balaban J connectivity index is 1.20. The molecule has 2 aliphatic rings. The largest absolute Gasteiger partial charge is 0.393 e. The number of fused-ring (bicyclic) bond motifs is 1. The number of rotatable bonds is 6. The van der Waals surface area contributed by atoms with Crippen LogP contribution in [0.15, 0.2) is 24.4 Å². The zero-order valence-electron chi connectivity index (χ0n) is 19.8. The van der Waals surface area contributed by atoms with Crippen LogP contribution in [-0.2, 0) is 4.74 Å². The maximum absolute atomic E-state index is 12.9. The molecule has 0 atom stereocenters. The lowest BCUT2D eigenvalue weighted by molar-refractivity contribution is 0.0675. The second-order valence-corrected chi connectivity index (χ2v) is 10.5. The van der Waals surface area contributed by atoms with Crippen molar-refractivity contribution in [3.63, 3.8) is 0 Å². The monoisotopic (exact) mass is 497 g/mol. The van der Waals surface area contributed by atoms with Crippen molar-refractivity contribution in [2.24, 2.45) is 5.92 Å². The molecule has 3 N–H and O–H groups in total. The van der Waals surface area contributed by atoms with E-state index in [2.05, 4.69) is 20.3 Å². The second kappa shape index (κ2) is 10.4. The lowest BCUT2D eigenvalue weighted by Gasteiger charge is -2.25. The SMILES string of the molecule is Cc1nn(C2CCOCC2)c2sc(C(=O)Nc3ccc(C(=O)NCC4CCC(O)CC4)nc3)cc12. The van der Waals surface area contributed by atoms with Crippen LogP contribution in [0.4, 0.5) is 5.69 Å². The summed E-state index contributed by atoms with van der Waals surface area (Å²) in [7, 11) is 0. The van der Waals surface area contributed by atoms with Crippen LogP contribution in [0.1, 0.15) is 70.4 Å². The normalized spacial score (nSPS) is 21.2. The van der Waals surface area contributed by atoms with Gasteiger partial charge in [0.1, 0.15) is 10.5 Å². The summed E-state index contributed by atoms with van der Waals surface area (Å²) in [6.45, 7) is 4.02. The van der Waals surface area contributed by atoms with E-state index in [1.54, 1.807) is 12.1 Å². The number of carbonyl (C=O) groups excluding carboxylic acids is 2. The molecule has 0 radical (unpaired) electrons. The molecule has 0 bridgehead atoms. The number of aliphatic hydroxyl groups is 1. The zero-order valence-corrected chi connectivity index (χ0v) is 20.6. The molecular formula is C25H31N5O4S. The van der Waals surface area contributed by atoms with Crippen LogP contribution in [0.5, 0.6) is 0 Å². The van der Waals surface area contributed by atoms with Crippen LogP contribution < -0.4 is 10.6 Å². The van der Waals surface area contributed by atoms with Gasteiger partial charge in [-0.05, 0) is 69.6 Å². The molecule has 2 amide bonds. The number of anilines is 1. The third-order valence-corrected chi connectivity index (χ3v) is 8.07. The average molecular weight is 498 g/mol. The van der Waals surface area contributed by atoms with E-state index < -0.39 is 0 Å². The topological polar surface area (TPSA) is 118 Å². The van der Waals surface area contributed by atoms with E-state index in [4.69, 9.17) is 9.84 Å². The van der Waals surface area contributed by atoms with Crippen LogP contribution in [0.3, 0.4) is 0 Å². The maximum atomic E-state index is 12.9. The summed E-state index contributed by atoms with van der Waals surface area (Å²) in [6, 6.07) is 5.50. The number of amides is 2. The van der Waals surface area contributed by atoms with E-state index in [0.29, 0.717) is 34.8 Å². The first-order valence-electron chi connectivity index (χ1n) is 12.3. The minimum Gasteiger partial charge on any atom is -0.393 e. The number of aromatic nitrogens is 3. The summed E-state index contributed by atoms with van der Waals surface area (Å²) in [5.74, 6) is -0.0429. The fraction of sp³-hybridized carbons (Fsp3) is 0.520. The number of thiophene rings is 1. The van der Waals surface area contributed by atoms with Crippen LogP contribution in [0.25, 0.3) is 10.2 Å². The Labute approximate surface area is 207 Å². The summed E-state index contributed by atoms with van der Waals surface area (Å²) >= 11 is 1.44. The first kappa shape index (κ1) is 23.9. The number of aliphatic hydroxyl groups excluding tert-OH is 1.